The van der Waals surface area contributed by atoms with E-state index in [0.717, 1.165) is 23.3 Å². The summed E-state index contributed by atoms with van der Waals surface area (Å²) in [7, 11) is 0. The van der Waals surface area contributed by atoms with Crippen LogP contribution in [-0.4, -0.2) is 22.3 Å². The molecule has 1 heterocycles. The first-order valence-corrected chi connectivity index (χ1v) is 5.92. The second-order valence-electron chi connectivity index (χ2n) is 3.23. The van der Waals surface area contributed by atoms with Crippen LogP contribution in [0.4, 0.5) is 0 Å². The van der Waals surface area contributed by atoms with Gasteiger partial charge in [-0.05, 0) is 30.7 Å². The summed E-state index contributed by atoms with van der Waals surface area (Å²) in [6.45, 7) is 4.06. The number of thioether (sulfide) groups is 1. The summed E-state index contributed by atoms with van der Waals surface area (Å²) < 4.78 is 0. The number of hydrogen-bond acceptors (Lipinski definition) is 3. The van der Waals surface area contributed by atoms with E-state index in [1.807, 2.05) is 13.0 Å². The second-order valence-corrected chi connectivity index (χ2v) is 4.33. The molecule has 76 valence electrons. The highest BCUT2D eigenvalue weighted by molar-refractivity contribution is 7.99. The van der Waals surface area contributed by atoms with Gasteiger partial charge >= 0.3 is 0 Å². The van der Waals surface area contributed by atoms with E-state index in [2.05, 4.69) is 11.9 Å². The van der Waals surface area contributed by atoms with E-state index in [4.69, 9.17) is 0 Å². The fourth-order valence-corrected chi connectivity index (χ4v) is 1.89. The predicted molar refractivity (Wildman–Crippen MR) is 60.9 cm³/mol. The van der Waals surface area contributed by atoms with Gasteiger partial charge in [0, 0.05) is 18.0 Å². The molecule has 0 saturated heterocycles. The van der Waals surface area contributed by atoms with E-state index in [0.29, 0.717) is 5.75 Å². The Morgan fingerprint density at radius 1 is 1.50 bits per heavy atom. The zero-order chi connectivity index (χ0) is 10.4. The number of carbonyl (C=O) groups excluding carboxylic acids is 1. The molecule has 0 aliphatic heterocycles. The molecule has 0 N–H and O–H groups in total. The number of rotatable bonds is 5. The van der Waals surface area contributed by atoms with Gasteiger partial charge in [-0.15, -0.1) is 0 Å². The molecule has 0 bridgehead atoms. The first kappa shape index (κ1) is 11.2. The van der Waals surface area contributed by atoms with Crippen molar-refractivity contribution >= 4 is 17.5 Å². The summed E-state index contributed by atoms with van der Waals surface area (Å²) >= 11 is 1.68. The van der Waals surface area contributed by atoms with Crippen molar-refractivity contribution in [3.63, 3.8) is 0 Å². The molecule has 14 heavy (non-hydrogen) atoms. The molecule has 0 aromatic carbocycles. The van der Waals surface area contributed by atoms with Gasteiger partial charge in [0.05, 0.1) is 5.75 Å². The third-order valence-corrected chi connectivity index (χ3v) is 2.94. The average Bonchev–Trinajstić information content (AvgIpc) is 2.18. The third kappa shape index (κ3) is 3.50. The lowest BCUT2D eigenvalue weighted by molar-refractivity contribution is 0.102. The van der Waals surface area contributed by atoms with E-state index >= 15 is 0 Å². The van der Waals surface area contributed by atoms with Gasteiger partial charge in [0.25, 0.3) is 0 Å². The maximum atomic E-state index is 11.6. The summed E-state index contributed by atoms with van der Waals surface area (Å²) in [4.78, 5) is 15.6. The lowest BCUT2D eigenvalue weighted by Crippen LogP contribution is -2.03. The standard InChI is InChI=1S/C11H15NOS/c1-3-4-14-8-11(13)10-5-9(2)6-12-7-10/h5-7H,3-4,8H2,1-2H3. The van der Waals surface area contributed by atoms with Crippen LogP contribution in [-0.2, 0) is 0 Å². The minimum atomic E-state index is 0.180. The van der Waals surface area contributed by atoms with E-state index < -0.39 is 0 Å². The zero-order valence-electron chi connectivity index (χ0n) is 8.62. The Kier molecular flexibility index (Phi) is 4.66. The number of aryl methyl sites for hydroxylation is 1. The Labute approximate surface area is 89.1 Å². The fourth-order valence-electron chi connectivity index (χ4n) is 1.10. The van der Waals surface area contributed by atoms with Crippen molar-refractivity contribution in [3.8, 4) is 0 Å². The van der Waals surface area contributed by atoms with E-state index in [-0.39, 0.29) is 5.78 Å². The van der Waals surface area contributed by atoms with Gasteiger partial charge < -0.3 is 0 Å². The van der Waals surface area contributed by atoms with Gasteiger partial charge in [0.1, 0.15) is 0 Å². The molecular formula is C11H15NOS. The molecule has 0 aliphatic carbocycles. The first-order valence-electron chi connectivity index (χ1n) is 4.76. The van der Waals surface area contributed by atoms with Gasteiger partial charge in [-0.3, -0.25) is 9.78 Å². The van der Waals surface area contributed by atoms with E-state index in [1.165, 1.54) is 0 Å². The van der Waals surface area contributed by atoms with Crippen molar-refractivity contribution in [2.45, 2.75) is 20.3 Å². The lowest BCUT2D eigenvalue weighted by atomic mass is 10.2. The highest BCUT2D eigenvalue weighted by atomic mass is 32.2. The van der Waals surface area contributed by atoms with Crippen LogP contribution in [0.15, 0.2) is 18.5 Å². The molecule has 0 radical (unpaired) electrons. The summed E-state index contributed by atoms with van der Waals surface area (Å²) in [6, 6.07) is 1.89. The van der Waals surface area contributed by atoms with E-state index in [1.54, 1.807) is 24.2 Å². The lowest BCUT2D eigenvalue weighted by Gasteiger charge is -2.00. The number of hydrogen-bond donors (Lipinski definition) is 0. The van der Waals surface area contributed by atoms with Gasteiger partial charge in [0.15, 0.2) is 5.78 Å². The molecule has 0 spiro atoms. The van der Waals surface area contributed by atoms with Crippen molar-refractivity contribution in [1.29, 1.82) is 0 Å². The van der Waals surface area contributed by atoms with Crippen LogP contribution in [0, 0.1) is 6.92 Å². The van der Waals surface area contributed by atoms with Crippen molar-refractivity contribution in [2.24, 2.45) is 0 Å². The SMILES string of the molecule is CCCSCC(=O)c1cncc(C)c1. The summed E-state index contributed by atoms with van der Waals surface area (Å²) in [5, 5.41) is 0. The topological polar surface area (TPSA) is 30.0 Å². The van der Waals surface area contributed by atoms with Crippen LogP contribution in [0.5, 0.6) is 0 Å². The third-order valence-electron chi connectivity index (χ3n) is 1.78. The Morgan fingerprint density at radius 3 is 2.93 bits per heavy atom. The van der Waals surface area contributed by atoms with Gasteiger partial charge in [-0.25, -0.2) is 0 Å². The maximum Gasteiger partial charge on any atom is 0.174 e. The normalized spacial score (nSPS) is 10.1. The van der Waals surface area contributed by atoms with Crippen LogP contribution < -0.4 is 0 Å². The zero-order valence-corrected chi connectivity index (χ0v) is 9.43. The Balaban J connectivity index is 2.52. The molecule has 0 amide bonds. The highest BCUT2D eigenvalue weighted by Gasteiger charge is 2.05. The van der Waals surface area contributed by atoms with Crippen LogP contribution in [0.25, 0.3) is 0 Å². The average molecular weight is 209 g/mol. The molecule has 0 saturated carbocycles. The Hall–Kier alpha value is -0.830. The molecule has 0 unspecified atom stereocenters. The number of carbonyl (C=O) groups is 1. The minimum Gasteiger partial charge on any atom is -0.293 e. The van der Waals surface area contributed by atoms with Crippen molar-refractivity contribution < 1.29 is 4.79 Å². The Bertz CT molecular complexity index is 312. The first-order chi connectivity index (χ1) is 6.74. The molecule has 1 aromatic heterocycles. The summed E-state index contributed by atoms with van der Waals surface area (Å²) in [6.07, 6.45) is 4.52. The largest absolute Gasteiger partial charge is 0.293 e. The molecule has 1 rings (SSSR count). The smallest absolute Gasteiger partial charge is 0.174 e. The number of aromatic nitrogens is 1. The predicted octanol–water partition coefficient (Wildman–Crippen LogP) is 2.72. The molecule has 0 atom stereocenters. The van der Waals surface area contributed by atoms with Crippen LogP contribution in [0.2, 0.25) is 0 Å². The van der Waals surface area contributed by atoms with Crippen LogP contribution in [0.3, 0.4) is 0 Å². The number of pyridine rings is 1. The molecule has 2 nitrogen and oxygen atoms in total. The van der Waals surface area contributed by atoms with Gasteiger partial charge in [-0.2, -0.15) is 11.8 Å². The number of Topliss-reactive ketones (excluding diaryl/α,β-unsaturated/α-hetero) is 1. The summed E-state index contributed by atoms with van der Waals surface area (Å²) in [5.41, 5.74) is 1.77. The van der Waals surface area contributed by atoms with Crippen molar-refractivity contribution in [1.82, 2.24) is 4.98 Å². The monoisotopic (exact) mass is 209 g/mol. The molecule has 0 aliphatic rings. The fraction of sp³-hybridized carbons (Fsp3) is 0.455. The van der Waals surface area contributed by atoms with Gasteiger partial charge in [0.2, 0.25) is 0 Å². The minimum absolute atomic E-state index is 0.180. The van der Waals surface area contributed by atoms with Crippen LogP contribution in [0.1, 0.15) is 29.3 Å². The molecular weight excluding hydrogens is 194 g/mol. The number of ketones is 1. The molecule has 1 aromatic rings. The molecule has 3 heteroatoms. The van der Waals surface area contributed by atoms with Crippen molar-refractivity contribution in [2.75, 3.05) is 11.5 Å². The maximum absolute atomic E-state index is 11.6. The van der Waals surface area contributed by atoms with Crippen LogP contribution >= 0.6 is 11.8 Å². The Morgan fingerprint density at radius 2 is 2.29 bits per heavy atom. The summed E-state index contributed by atoms with van der Waals surface area (Å²) in [5.74, 6) is 1.80. The van der Waals surface area contributed by atoms with Crippen molar-refractivity contribution in [3.05, 3.63) is 29.6 Å². The highest BCUT2D eigenvalue weighted by Crippen LogP contribution is 2.08. The number of nitrogens with zero attached hydrogens (tertiary/aromatic N) is 1. The quantitative estimate of drug-likeness (QED) is 0.551. The van der Waals surface area contributed by atoms with E-state index in [9.17, 15) is 4.79 Å². The molecule has 0 fully saturated rings. The second kappa shape index (κ2) is 5.81. The van der Waals surface area contributed by atoms with Gasteiger partial charge in [-0.1, -0.05) is 6.92 Å².